The molecule has 0 radical (unpaired) electrons. The number of carbonyl (C=O) groups is 1. The maximum absolute atomic E-state index is 12.6. The van der Waals surface area contributed by atoms with Gasteiger partial charge in [-0.1, -0.05) is 53.9 Å². The fourth-order valence-electron chi connectivity index (χ4n) is 3.66. The number of rotatable bonds is 4. The summed E-state index contributed by atoms with van der Waals surface area (Å²) in [5.41, 5.74) is -0.603. The van der Waals surface area contributed by atoms with Crippen molar-refractivity contribution >= 4 is 5.97 Å². The predicted molar refractivity (Wildman–Crippen MR) is 95.9 cm³/mol. The summed E-state index contributed by atoms with van der Waals surface area (Å²) in [5, 5.41) is 0. The summed E-state index contributed by atoms with van der Waals surface area (Å²) < 4.78 is 5.95. The van der Waals surface area contributed by atoms with Crippen molar-refractivity contribution in [1.82, 2.24) is 0 Å². The van der Waals surface area contributed by atoms with Gasteiger partial charge in [0.05, 0.1) is 5.41 Å². The van der Waals surface area contributed by atoms with Gasteiger partial charge < -0.3 is 4.74 Å². The van der Waals surface area contributed by atoms with Crippen LogP contribution in [-0.4, -0.2) is 11.6 Å². The molecule has 1 saturated carbocycles. The number of ether oxygens (including phenoxy) is 1. The topological polar surface area (TPSA) is 26.3 Å². The molecule has 1 aliphatic rings. The van der Waals surface area contributed by atoms with Crippen molar-refractivity contribution in [3.8, 4) is 0 Å². The van der Waals surface area contributed by atoms with E-state index in [9.17, 15) is 4.79 Å². The van der Waals surface area contributed by atoms with Crippen LogP contribution in [-0.2, 0) is 9.53 Å². The molecule has 0 saturated heterocycles. The number of hydrogen-bond donors (Lipinski definition) is 0. The third-order valence-electron chi connectivity index (χ3n) is 4.47. The smallest absolute Gasteiger partial charge is 0.312 e. The molecular weight excluding hydrogens is 272 g/mol. The second kappa shape index (κ2) is 8.36. The molecule has 0 atom stereocenters. The SMILES string of the molecule is CC.CC(C)(C)CC(C)(C)C(=O)OC(C)(C)C1CCCCC1. The van der Waals surface area contributed by atoms with Crippen molar-refractivity contribution in [2.24, 2.45) is 16.7 Å². The highest BCUT2D eigenvalue weighted by Gasteiger charge is 2.40. The Morgan fingerprint density at radius 3 is 1.77 bits per heavy atom. The molecule has 0 N–H and O–H groups in total. The first-order valence-electron chi connectivity index (χ1n) is 9.17. The molecule has 0 amide bonds. The van der Waals surface area contributed by atoms with Crippen LogP contribution < -0.4 is 0 Å². The van der Waals surface area contributed by atoms with Crippen LogP contribution in [0, 0.1) is 16.7 Å². The van der Waals surface area contributed by atoms with Gasteiger partial charge in [-0.2, -0.15) is 0 Å². The highest BCUT2D eigenvalue weighted by Crippen LogP contribution is 2.39. The Morgan fingerprint density at radius 2 is 1.36 bits per heavy atom. The average molecular weight is 313 g/mol. The van der Waals surface area contributed by atoms with Crippen molar-refractivity contribution in [3.05, 3.63) is 0 Å². The molecule has 0 spiro atoms. The fraction of sp³-hybridized carbons (Fsp3) is 0.950. The first-order chi connectivity index (χ1) is 9.94. The molecule has 0 aromatic carbocycles. The largest absolute Gasteiger partial charge is 0.459 e. The minimum Gasteiger partial charge on any atom is -0.459 e. The van der Waals surface area contributed by atoms with E-state index >= 15 is 0 Å². The lowest BCUT2D eigenvalue weighted by Crippen LogP contribution is -2.42. The Kier molecular flexibility index (Phi) is 8.16. The zero-order chi connectivity index (χ0) is 17.6. The van der Waals surface area contributed by atoms with Gasteiger partial charge in [0, 0.05) is 0 Å². The summed E-state index contributed by atoms with van der Waals surface area (Å²) in [6, 6.07) is 0. The summed E-state index contributed by atoms with van der Waals surface area (Å²) in [5.74, 6) is 0.480. The second-order valence-electron chi connectivity index (χ2n) is 8.95. The third-order valence-corrected chi connectivity index (χ3v) is 4.47. The molecule has 0 heterocycles. The van der Waals surface area contributed by atoms with Crippen LogP contribution in [0.2, 0.25) is 0 Å². The van der Waals surface area contributed by atoms with Gasteiger partial charge in [-0.15, -0.1) is 0 Å². The van der Waals surface area contributed by atoms with Crippen LogP contribution >= 0.6 is 0 Å². The van der Waals surface area contributed by atoms with E-state index in [1.165, 1.54) is 32.1 Å². The summed E-state index contributed by atoms with van der Waals surface area (Å²) in [7, 11) is 0. The third kappa shape index (κ3) is 7.15. The molecule has 0 aromatic rings. The van der Waals surface area contributed by atoms with Crippen LogP contribution in [0.1, 0.15) is 101 Å². The minimum atomic E-state index is -0.413. The molecule has 1 fully saturated rings. The molecule has 2 nitrogen and oxygen atoms in total. The highest BCUT2D eigenvalue weighted by atomic mass is 16.6. The molecule has 0 aromatic heterocycles. The first kappa shape index (κ1) is 21.5. The Morgan fingerprint density at radius 1 is 0.909 bits per heavy atom. The Balaban J connectivity index is 0.00000211. The van der Waals surface area contributed by atoms with Gasteiger partial charge in [0.15, 0.2) is 0 Å². The normalized spacial score (nSPS) is 17.5. The van der Waals surface area contributed by atoms with E-state index in [1.807, 2.05) is 27.7 Å². The standard InChI is InChI=1S/C18H34O2.C2H6/c1-16(2,3)13-17(4,5)15(19)20-18(6,7)14-11-9-8-10-12-14;1-2/h14H,8-13H2,1-7H3;1-2H3. The zero-order valence-corrected chi connectivity index (χ0v) is 16.6. The van der Waals surface area contributed by atoms with E-state index in [-0.39, 0.29) is 17.0 Å². The maximum atomic E-state index is 12.6. The van der Waals surface area contributed by atoms with E-state index in [2.05, 4.69) is 34.6 Å². The number of hydrogen-bond acceptors (Lipinski definition) is 2. The molecule has 0 bridgehead atoms. The van der Waals surface area contributed by atoms with E-state index in [1.54, 1.807) is 0 Å². The van der Waals surface area contributed by atoms with Gasteiger partial charge in [0.1, 0.15) is 5.60 Å². The molecule has 2 heteroatoms. The van der Waals surface area contributed by atoms with Gasteiger partial charge in [-0.05, 0) is 58.3 Å². The second-order valence-corrected chi connectivity index (χ2v) is 8.95. The van der Waals surface area contributed by atoms with E-state index < -0.39 is 5.41 Å². The fourth-order valence-corrected chi connectivity index (χ4v) is 3.66. The van der Waals surface area contributed by atoms with Gasteiger partial charge in [0.2, 0.25) is 0 Å². The van der Waals surface area contributed by atoms with Crippen LogP contribution in [0.15, 0.2) is 0 Å². The summed E-state index contributed by atoms with van der Waals surface area (Å²) in [6.45, 7) is 18.7. The quantitative estimate of drug-likeness (QED) is 0.563. The highest BCUT2D eigenvalue weighted by molar-refractivity contribution is 5.76. The molecule has 0 unspecified atom stereocenters. The molecule has 0 aliphatic heterocycles. The maximum Gasteiger partial charge on any atom is 0.312 e. The Hall–Kier alpha value is -0.530. The van der Waals surface area contributed by atoms with Crippen LogP contribution in [0.25, 0.3) is 0 Å². The summed E-state index contributed by atoms with van der Waals surface area (Å²) in [6.07, 6.45) is 7.11. The van der Waals surface area contributed by atoms with Crippen LogP contribution in [0.4, 0.5) is 0 Å². The Labute approximate surface area is 139 Å². The number of carbonyl (C=O) groups excluding carboxylic acids is 1. The van der Waals surface area contributed by atoms with Crippen molar-refractivity contribution in [2.45, 2.75) is 106 Å². The van der Waals surface area contributed by atoms with Gasteiger partial charge in [-0.3, -0.25) is 4.79 Å². The van der Waals surface area contributed by atoms with Gasteiger partial charge in [-0.25, -0.2) is 0 Å². The lowest BCUT2D eigenvalue weighted by molar-refractivity contribution is -0.175. The minimum absolute atomic E-state index is 0.0389. The van der Waals surface area contributed by atoms with E-state index in [4.69, 9.17) is 4.74 Å². The monoisotopic (exact) mass is 312 g/mol. The predicted octanol–water partition coefficient (Wildman–Crippen LogP) is 6.38. The Bertz CT molecular complexity index is 328. The summed E-state index contributed by atoms with van der Waals surface area (Å²) >= 11 is 0. The van der Waals surface area contributed by atoms with Gasteiger partial charge in [0.25, 0.3) is 0 Å². The lowest BCUT2D eigenvalue weighted by Gasteiger charge is -2.39. The molecule has 1 rings (SSSR count). The molecule has 1 aliphatic carbocycles. The average Bonchev–Trinajstić information content (AvgIpc) is 2.39. The van der Waals surface area contributed by atoms with Crippen molar-refractivity contribution in [3.63, 3.8) is 0 Å². The lowest BCUT2D eigenvalue weighted by atomic mass is 9.75. The first-order valence-corrected chi connectivity index (χ1v) is 9.17. The van der Waals surface area contributed by atoms with Crippen LogP contribution in [0.5, 0.6) is 0 Å². The molecule has 22 heavy (non-hydrogen) atoms. The zero-order valence-electron chi connectivity index (χ0n) is 16.6. The van der Waals surface area contributed by atoms with Crippen molar-refractivity contribution in [1.29, 1.82) is 0 Å². The van der Waals surface area contributed by atoms with Crippen LogP contribution in [0.3, 0.4) is 0 Å². The molecule has 132 valence electrons. The number of esters is 1. The van der Waals surface area contributed by atoms with E-state index in [0.29, 0.717) is 5.92 Å². The summed E-state index contributed by atoms with van der Waals surface area (Å²) in [4.78, 5) is 12.6. The molecular formula is C20H40O2. The van der Waals surface area contributed by atoms with Crippen molar-refractivity contribution < 1.29 is 9.53 Å². The van der Waals surface area contributed by atoms with Crippen molar-refractivity contribution in [2.75, 3.05) is 0 Å². The van der Waals surface area contributed by atoms with Gasteiger partial charge >= 0.3 is 5.97 Å². The van der Waals surface area contributed by atoms with E-state index in [0.717, 1.165) is 6.42 Å².